The van der Waals surface area contributed by atoms with E-state index in [2.05, 4.69) is 10.3 Å². The van der Waals surface area contributed by atoms with Gasteiger partial charge in [-0.15, -0.1) is 0 Å². The summed E-state index contributed by atoms with van der Waals surface area (Å²) in [4.78, 5) is 39.5. The second kappa shape index (κ2) is 10.6. The quantitative estimate of drug-likeness (QED) is 0.557. The number of nitrogens with one attached hydrogen (secondary N) is 1. The molecule has 0 spiro atoms. The highest BCUT2D eigenvalue weighted by atomic mass is 19.4. The van der Waals surface area contributed by atoms with Crippen LogP contribution < -0.4 is 10.9 Å². The molecule has 186 valence electrons. The number of amides is 1. The highest BCUT2D eigenvalue weighted by Crippen LogP contribution is 2.31. The molecule has 3 N–H and O–H groups in total. The van der Waals surface area contributed by atoms with Crippen LogP contribution in [-0.4, -0.2) is 62.5 Å². The van der Waals surface area contributed by atoms with Crippen LogP contribution in [0.25, 0.3) is 0 Å². The van der Waals surface area contributed by atoms with Gasteiger partial charge in [0.05, 0.1) is 6.04 Å². The molecular formula is C20H21F5N4O5. The number of alkyl halides is 4. The van der Waals surface area contributed by atoms with Crippen LogP contribution in [0.3, 0.4) is 0 Å². The Morgan fingerprint density at radius 1 is 1.21 bits per heavy atom. The van der Waals surface area contributed by atoms with Crippen molar-refractivity contribution >= 4 is 11.9 Å². The summed E-state index contributed by atoms with van der Waals surface area (Å²) < 4.78 is 59.5. The van der Waals surface area contributed by atoms with Gasteiger partial charge in [-0.2, -0.15) is 13.2 Å². The Bertz CT molecular complexity index is 1100. The third-order valence-corrected chi connectivity index (χ3v) is 4.92. The number of benzene rings is 1. The van der Waals surface area contributed by atoms with Crippen molar-refractivity contribution in [1.29, 1.82) is 0 Å². The van der Waals surface area contributed by atoms with Crippen LogP contribution in [-0.2, 0) is 18.4 Å². The lowest BCUT2D eigenvalue weighted by Crippen LogP contribution is -2.33. The molecule has 3 rings (SSSR count). The number of carboxylic acids is 1. The molecule has 0 radical (unpaired) electrons. The van der Waals surface area contributed by atoms with Gasteiger partial charge in [0.15, 0.2) is 5.69 Å². The molecule has 14 heteroatoms. The molecule has 9 nitrogen and oxygen atoms in total. The van der Waals surface area contributed by atoms with E-state index in [1.807, 2.05) is 0 Å². The number of aliphatic carboxylic acids is 1. The minimum absolute atomic E-state index is 0.0701. The molecule has 0 saturated carbocycles. The van der Waals surface area contributed by atoms with Gasteiger partial charge in [-0.3, -0.25) is 19.1 Å². The molecule has 1 aliphatic heterocycles. The molecule has 0 aliphatic carbocycles. The van der Waals surface area contributed by atoms with E-state index in [1.165, 1.54) is 31.3 Å². The molecule has 2 aromatic rings. The second-order valence-corrected chi connectivity index (χ2v) is 7.43. The number of hydrogen-bond donors (Lipinski definition) is 3. The van der Waals surface area contributed by atoms with Crippen molar-refractivity contribution in [2.75, 3.05) is 13.6 Å². The van der Waals surface area contributed by atoms with Crippen LogP contribution in [0.5, 0.6) is 5.75 Å². The fourth-order valence-corrected chi connectivity index (χ4v) is 3.17. The molecular weight excluding hydrogens is 471 g/mol. The number of carbonyl (C=O) groups is 2. The predicted octanol–water partition coefficient (Wildman–Crippen LogP) is 1.90. The summed E-state index contributed by atoms with van der Waals surface area (Å²) in [7, 11) is 3.13. The number of halogens is 5. The molecule has 34 heavy (non-hydrogen) atoms. The van der Waals surface area contributed by atoms with Gasteiger partial charge in [-0.05, 0) is 24.7 Å². The number of carboxylic acid groups (broad SMARTS) is 1. The smallest absolute Gasteiger partial charge is 0.490 e. The largest absolute Gasteiger partial charge is 0.501 e. The second-order valence-electron chi connectivity index (χ2n) is 7.43. The number of likely N-dealkylation sites (tertiary alicyclic amines) is 1. The molecule has 2 heterocycles. The Kier molecular flexibility index (Phi) is 8.31. The summed E-state index contributed by atoms with van der Waals surface area (Å²) in [6.07, 6.45) is -5.99. The molecule has 2 atom stereocenters. The van der Waals surface area contributed by atoms with Gasteiger partial charge in [0.2, 0.25) is 5.75 Å². The van der Waals surface area contributed by atoms with Crippen LogP contribution >= 0.6 is 0 Å². The van der Waals surface area contributed by atoms with E-state index < -0.39 is 53.1 Å². The average molecular weight is 492 g/mol. The minimum atomic E-state index is -5.08. The lowest BCUT2D eigenvalue weighted by atomic mass is 10.1. The zero-order valence-electron chi connectivity index (χ0n) is 17.9. The first-order chi connectivity index (χ1) is 15.7. The maximum Gasteiger partial charge on any atom is 0.490 e. The Balaban J connectivity index is 0.000000509. The van der Waals surface area contributed by atoms with Gasteiger partial charge >= 0.3 is 12.1 Å². The SMILES string of the molecule is CN1C[C@H](F)C[C@H]1c1nc(C(=O)NCc2ccc(F)cc2)c(O)c(=O)n1C.O=C(O)C(F)(F)F. The zero-order valence-corrected chi connectivity index (χ0v) is 17.9. The van der Waals surface area contributed by atoms with Crippen LogP contribution in [0, 0.1) is 5.82 Å². The highest BCUT2D eigenvalue weighted by molar-refractivity contribution is 5.94. The number of aromatic nitrogens is 2. The number of rotatable bonds is 4. The third-order valence-electron chi connectivity index (χ3n) is 4.92. The molecule has 0 unspecified atom stereocenters. The summed E-state index contributed by atoms with van der Waals surface area (Å²) >= 11 is 0. The number of hydrogen-bond acceptors (Lipinski definition) is 6. The van der Waals surface area contributed by atoms with Gasteiger partial charge in [-0.25, -0.2) is 18.6 Å². The molecule has 1 fully saturated rings. The van der Waals surface area contributed by atoms with Gasteiger partial charge < -0.3 is 15.5 Å². The summed E-state index contributed by atoms with van der Waals surface area (Å²) in [5.74, 6) is -4.45. The Labute approximate surface area is 189 Å². The minimum Gasteiger partial charge on any atom is -0.501 e. The first-order valence-electron chi connectivity index (χ1n) is 9.69. The van der Waals surface area contributed by atoms with Crippen LogP contribution in [0.15, 0.2) is 29.1 Å². The maximum absolute atomic E-state index is 13.7. The molecule has 1 aliphatic rings. The molecule has 1 aromatic heterocycles. The number of aromatic hydroxyl groups is 1. The summed E-state index contributed by atoms with van der Waals surface area (Å²) in [5.41, 5.74) is -0.544. The van der Waals surface area contributed by atoms with Gasteiger partial charge in [-0.1, -0.05) is 12.1 Å². The van der Waals surface area contributed by atoms with Crippen LogP contribution in [0.4, 0.5) is 22.0 Å². The standard InChI is InChI=1S/C18H20F2N4O3.C2HF3O2/c1-23-9-12(20)7-13(23)16-22-14(15(25)18(27)24(16)2)17(26)21-8-10-3-5-11(19)6-4-10;3-2(4,5)1(6)7/h3-6,12-13,25H,7-9H2,1-2H3,(H,21,26);(H,6,7)/t12-,13+;/m1./s1. The summed E-state index contributed by atoms with van der Waals surface area (Å²) in [5, 5.41) is 19.7. The first-order valence-corrected chi connectivity index (χ1v) is 9.69. The van der Waals surface area contributed by atoms with Crippen molar-refractivity contribution in [3.8, 4) is 5.75 Å². The Morgan fingerprint density at radius 3 is 2.24 bits per heavy atom. The highest BCUT2D eigenvalue weighted by Gasteiger charge is 2.38. The van der Waals surface area contributed by atoms with Gasteiger partial charge in [0.1, 0.15) is 17.8 Å². The van der Waals surface area contributed by atoms with Crippen molar-refractivity contribution < 1.29 is 41.8 Å². The first kappa shape index (κ1) is 26.7. The van der Waals surface area contributed by atoms with Gasteiger partial charge in [0.25, 0.3) is 11.5 Å². The summed E-state index contributed by atoms with van der Waals surface area (Å²) in [6.45, 7) is 0.272. The van der Waals surface area contributed by atoms with E-state index in [1.54, 1.807) is 11.9 Å². The van der Waals surface area contributed by atoms with E-state index in [-0.39, 0.29) is 25.3 Å². The van der Waals surface area contributed by atoms with Crippen molar-refractivity contribution in [1.82, 2.24) is 19.8 Å². The lowest BCUT2D eigenvalue weighted by molar-refractivity contribution is -0.192. The topological polar surface area (TPSA) is 125 Å². The van der Waals surface area contributed by atoms with E-state index in [4.69, 9.17) is 9.90 Å². The van der Waals surface area contributed by atoms with Crippen molar-refractivity contribution in [3.63, 3.8) is 0 Å². The summed E-state index contributed by atoms with van der Waals surface area (Å²) in [6, 6.07) is 5.07. The zero-order chi connectivity index (χ0) is 25.8. The average Bonchev–Trinajstić information content (AvgIpc) is 3.09. The molecule has 1 saturated heterocycles. The van der Waals surface area contributed by atoms with Gasteiger partial charge in [0, 0.05) is 26.6 Å². The number of carbonyl (C=O) groups excluding carboxylic acids is 1. The fraction of sp³-hybridized carbons (Fsp3) is 0.400. The molecule has 1 amide bonds. The lowest BCUT2D eigenvalue weighted by Gasteiger charge is -2.21. The fourth-order valence-electron chi connectivity index (χ4n) is 3.17. The molecule has 0 bridgehead atoms. The number of nitrogens with zero attached hydrogens (tertiary/aromatic N) is 3. The van der Waals surface area contributed by atoms with E-state index in [0.29, 0.717) is 5.56 Å². The van der Waals surface area contributed by atoms with Crippen LogP contribution in [0.1, 0.15) is 34.3 Å². The van der Waals surface area contributed by atoms with Crippen molar-refractivity contribution in [2.24, 2.45) is 7.05 Å². The van der Waals surface area contributed by atoms with E-state index >= 15 is 0 Å². The Hall–Kier alpha value is -3.55. The maximum atomic E-state index is 13.7. The predicted molar refractivity (Wildman–Crippen MR) is 107 cm³/mol. The normalized spacial score (nSPS) is 18.2. The van der Waals surface area contributed by atoms with Crippen molar-refractivity contribution in [3.05, 3.63) is 57.5 Å². The Morgan fingerprint density at radius 2 is 1.76 bits per heavy atom. The van der Waals surface area contributed by atoms with Crippen molar-refractivity contribution in [2.45, 2.75) is 31.4 Å². The monoisotopic (exact) mass is 492 g/mol. The van der Waals surface area contributed by atoms with E-state index in [0.717, 1.165) is 4.57 Å². The molecule has 1 aromatic carbocycles. The van der Waals surface area contributed by atoms with Crippen LogP contribution in [0.2, 0.25) is 0 Å². The van der Waals surface area contributed by atoms with E-state index in [9.17, 15) is 36.6 Å². The third kappa shape index (κ3) is 6.50.